The van der Waals surface area contributed by atoms with E-state index in [1.807, 2.05) is 13.8 Å². The molecule has 1 N–H and O–H groups in total. The van der Waals surface area contributed by atoms with Gasteiger partial charge in [0.15, 0.2) is 0 Å². The van der Waals surface area contributed by atoms with Crippen molar-refractivity contribution < 1.29 is 14.3 Å². The zero-order valence-electron chi connectivity index (χ0n) is 13.1. The van der Waals surface area contributed by atoms with Crippen molar-refractivity contribution in [1.82, 2.24) is 15.0 Å². The van der Waals surface area contributed by atoms with Crippen LogP contribution in [0.1, 0.15) is 25.0 Å². The highest BCUT2D eigenvalue weighted by Crippen LogP contribution is 2.19. The van der Waals surface area contributed by atoms with Crippen LogP contribution in [-0.2, 0) is 0 Å². The van der Waals surface area contributed by atoms with E-state index in [-0.39, 0.29) is 23.7 Å². The predicted molar refractivity (Wildman–Crippen MR) is 91.3 cm³/mol. The van der Waals surface area contributed by atoms with Crippen LogP contribution in [0.15, 0.2) is 46.5 Å². The molecule has 0 aliphatic heterocycles. The molecule has 0 aliphatic carbocycles. The zero-order chi connectivity index (χ0) is 17.7. The number of aromatic nitrogens is 2. The third-order valence-electron chi connectivity index (χ3n) is 3.00. The van der Waals surface area contributed by atoms with Gasteiger partial charge in [-0.25, -0.2) is 19.2 Å². The number of carbonyl (C=O) groups is 1. The summed E-state index contributed by atoms with van der Waals surface area (Å²) in [6, 6.07) is 4.48. The molecule has 24 heavy (non-hydrogen) atoms. The topological polar surface area (TPSA) is 78.7 Å². The van der Waals surface area contributed by atoms with E-state index >= 15 is 0 Å². The summed E-state index contributed by atoms with van der Waals surface area (Å²) in [5, 5.41) is 14.4. The molecule has 1 amide bonds. The smallest absolute Gasteiger partial charge is 0.427 e. The molecule has 0 saturated carbocycles. The molecule has 6 nitrogen and oxygen atoms in total. The Bertz CT molecular complexity index is 753. The summed E-state index contributed by atoms with van der Waals surface area (Å²) in [5.41, 5.74) is 0.750. The number of amides is 1. The van der Waals surface area contributed by atoms with Crippen molar-refractivity contribution in [3.63, 3.8) is 0 Å². The van der Waals surface area contributed by atoms with Gasteiger partial charge < -0.3 is 5.11 Å². The first-order valence-electron chi connectivity index (χ1n) is 7.18. The van der Waals surface area contributed by atoms with Crippen molar-refractivity contribution >= 4 is 27.7 Å². The number of hydrazone groups is 1. The summed E-state index contributed by atoms with van der Waals surface area (Å²) in [5.74, 6) is -0.463. The monoisotopic (exact) mass is 394 g/mol. The predicted octanol–water partition coefficient (Wildman–Crippen LogP) is 3.77. The molecule has 0 spiro atoms. The van der Waals surface area contributed by atoms with Crippen LogP contribution in [0.4, 0.5) is 9.18 Å². The molecule has 0 radical (unpaired) electrons. The third kappa shape index (κ3) is 4.58. The molecule has 1 heterocycles. The Morgan fingerprint density at radius 2 is 2.04 bits per heavy atom. The van der Waals surface area contributed by atoms with Crippen LogP contribution in [0, 0.1) is 11.7 Å². The Morgan fingerprint density at radius 1 is 1.38 bits per heavy atom. The van der Waals surface area contributed by atoms with Crippen molar-refractivity contribution in [2.45, 2.75) is 13.8 Å². The summed E-state index contributed by atoms with van der Waals surface area (Å²) in [7, 11) is 0. The van der Waals surface area contributed by atoms with Crippen LogP contribution in [0.5, 0.6) is 0 Å². The average Bonchev–Trinajstić information content (AvgIpc) is 2.52. The minimum atomic E-state index is -1.21. The molecule has 1 aromatic carbocycles. The van der Waals surface area contributed by atoms with E-state index in [4.69, 9.17) is 0 Å². The fourth-order valence-corrected chi connectivity index (χ4v) is 2.33. The lowest BCUT2D eigenvalue weighted by Crippen LogP contribution is -2.30. The number of hydrogen-bond donors (Lipinski definition) is 1. The van der Waals surface area contributed by atoms with Gasteiger partial charge in [0.05, 0.1) is 6.54 Å². The number of benzene rings is 1. The van der Waals surface area contributed by atoms with Crippen molar-refractivity contribution in [3.05, 3.63) is 58.3 Å². The first kappa shape index (κ1) is 18.0. The second kappa shape index (κ2) is 7.96. The van der Waals surface area contributed by atoms with Crippen LogP contribution in [0.25, 0.3) is 0 Å². The Kier molecular flexibility index (Phi) is 5.97. The maximum atomic E-state index is 14.4. The van der Waals surface area contributed by atoms with Gasteiger partial charge in [-0.1, -0.05) is 29.8 Å². The second-order valence-electron chi connectivity index (χ2n) is 5.46. The van der Waals surface area contributed by atoms with Gasteiger partial charge in [-0.05, 0) is 24.1 Å². The highest BCUT2D eigenvalue weighted by Gasteiger charge is 2.19. The lowest BCUT2D eigenvalue weighted by molar-refractivity contribution is 0.141. The van der Waals surface area contributed by atoms with E-state index < -0.39 is 11.9 Å². The molecular formula is C16H16BrFN4O2. The van der Waals surface area contributed by atoms with Gasteiger partial charge >= 0.3 is 6.09 Å². The average molecular weight is 395 g/mol. The van der Waals surface area contributed by atoms with Crippen LogP contribution < -0.4 is 0 Å². The highest BCUT2D eigenvalue weighted by molar-refractivity contribution is 9.10. The number of hydrogen-bond acceptors (Lipinski definition) is 4. The van der Waals surface area contributed by atoms with Crippen molar-refractivity contribution in [2.24, 2.45) is 11.0 Å². The number of halogens is 2. The summed E-state index contributed by atoms with van der Waals surface area (Å²) in [6.45, 7) is 3.93. The molecule has 0 unspecified atom stereocenters. The van der Waals surface area contributed by atoms with E-state index in [1.165, 1.54) is 30.9 Å². The second-order valence-corrected chi connectivity index (χ2v) is 6.37. The van der Waals surface area contributed by atoms with E-state index in [1.54, 1.807) is 6.07 Å². The van der Waals surface area contributed by atoms with Crippen LogP contribution in [0.2, 0.25) is 0 Å². The van der Waals surface area contributed by atoms with Gasteiger partial charge in [-0.2, -0.15) is 10.1 Å². The molecule has 1 aromatic heterocycles. The van der Waals surface area contributed by atoms with Gasteiger partial charge in [0.2, 0.25) is 0 Å². The summed E-state index contributed by atoms with van der Waals surface area (Å²) in [4.78, 5) is 19.3. The van der Waals surface area contributed by atoms with Gasteiger partial charge in [0, 0.05) is 28.0 Å². The molecule has 0 aliphatic rings. The van der Waals surface area contributed by atoms with Crippen LogP contribution in [0.3, 0.4) is 0 Å². The van der Waals surface area contributed by atoms with E-state index in [2.05, 4.69) is 31.0 Å². The van der Waals surface area contributed by atoms with E-state index in [0.29, 0.717) is 10.0 Å². The first-order chi connectivity index (χ1) is 11.4. The zero-order valence-corrected chi connectivity index (χ0v) is 14.7. The molecule has 2 rings (SSSR count). The molecule has 126 valence electrons. The van der Waals surface area contributed by atoms with Gasteiger partial charge in [-0.3, -0.25) is 0 Å². The summed E-state index contributed by atoms with van der Waals surface area (Å²) >= 11 is 3.20. The maximum Gasteiger partial charge on any atom is 0.427 e. The van der Waals surface area contributed by atoms with Crippen molar-refractivity contribution in [1.29, 1.82) is 0 Å². The highest BCUT2D eigenvalue weighted by atomic mass is 79.9. The fourth-order valence-electron chi connectivity index (χ4n) is 2.00. The lowest BCUT2D eigenvalue weighted by atomic mass is 10.0. The summed E-state index contributed by atoms with van der Waals surface area (Å²) < 4.78 is 15.0. The number of rotatable bonds is 5. The fraction of sp³-hybridized carbons (Fsp3) is 0.250. The van der Waals surface area contributed by atoms with Gasteiger partial charge in [0.25, 0.3) is 0 Å². The van der Waals surface area contributed by atoms with E-state index in [9.17, 15) is 14.3 Å². The molecule has 0 saturated heterocycles. The van der Waals surface area contributed by atoms with Crippen molar-refractivity contribution in [3.8, 4) is 0 Å². The quantitative estimate of drug-likeness (QED) is 0.618. The Balaban J connectivity index is 2.58. The molecule has 8 heteroatoms. The molecule has 2 aromatic rings. The Morgan fingerprint density at radius 3 is 2.58 bits per heavy atom. The molecule has 0 fully saturated rings. The SMILES string of the molecule is CC(C)CN(N=C(c1cncnc1)c1ccc(Br)cc1F)C(=O)O. The van der Waals surface area contributed by atoms with Crippen LogP contribution in [-0.4, -0.2) is 38.4 Å². The molecular weight excluding hydrogens is 379 g/mol. The van der Waals surface area contributed by atoms with Gasteiger partial charge in [-0.15, -0.1) is 0 Å². The Hall–Kier alpha value is -2.35. The van der Waals surface area contributed by atoms with E-state index in [0.717, 1.165) is 5.01 Å². The van der Waals surface area contributed by atoms with Crippen LogP contribution >= 0.6 is 15.9 Å². The maximum absolute atomic E-state index is 14.4. The molecule has 0 bridgehead atoms. The first-order valence-corrected chi connectivity index (χ1v) is 7.97. The minimum absolute atomic E-state index is 0.0629. The number of carboxylic acid groups (broad SMARTS) is 1. The van der Waals surface area contributed by atoms with Crippen molar-refractivity contribution in [2.75, 3.05) is 6.54 Å². The third-order valence-corrected chi connectivity index (χ3v) is 3.49. The van der Waals surface area contributed by atoms with Gasteiger partial charge in [0.1, 0.15) is 17.9 Å². The normalized spacial score (nSPS) is 11.6. The number of nitrogens with zero attached hydrogens (tertiary/aromatic N) is 4. The minimum Gasteiger partial charge on any atom is -0.464 e. The molecule has 0 atom stereocenters. The Labute approximate surface area is 147 Å². The lowest BCUT2D eigenvalue weighted by Gasteiger charge is -2.18. The largest absolute Gasteiger partial charge is 0.464 e. The summed E-state index contributed by atoms with van der Waals surface area (Å²) in [6.07, 6.45) is 3.05. The standard InChI is InChI=1S/C16H16BrFN4O2/c1-10(2)8-22(16(23)24)21-15(11-6-19-9-20-7-11)13-4-3-12(17)5-14(13)18/h3-7,9-10H,8H2,1-2H3,(H,23,24).